The third kappa shape index (κ3) is 3.68. The van der Waals surface area contributed by atoms with Gasteiger partial charge in [0.15, 0.2) is 0 Å². The van der Waals surface area contributed by atoms with Crippen molar-refractivity contribution >= 4 is 22.8 Å². The minimum Gasteiger partial charge on any atom is -0.396 e. The average molecular weight is 323 g/mol. The molecule has 3 nitrogen and oxygen atoms in total. The van der Waals surface area contributed by atoms with Gasteiger partial charge in [-0.3, -0.25) is 4.79 Å². The number of likely N-dealkylation sites (N-methyl/N-ethyl adjacent to an activating group) is 1. The fraction of sp³-hybridized carbons (Fsp3) is 0.381. The number of carbonyl (C=O) groups is 1. The van der Waals surface area contributed by atoms with Crippen LogP contribution in [-0.2, 0) is 4.79 Å². The monoisotopic (exact) mass is 323 g/mol. The second-order valence-electron chi connectivity index (χ2n) is 6.71. The van der Waals surface area contributed by atoms with E-state index in [-0.39, 0.29) is 18.6 Å². The third-order valence-corrected chi connectivity index (χ3v) is 5.20. The van der Waals surface area contributed by atoms with E-state index in [9.17, 15) is 9.90 Å². The first-order chi connectivity index (χ1) is 11.7. The van der Waals surface area contributed by atoms with Crippen molar-refractivity contribution in [1.82, 2.24) is 4.90 Å². The van der Waals surface area contributed by atoms with Crippen LogP contribution in [0.4, 0.5) is 0 Å². The number of amides is 1. The van der Waals surface area contributed by atoms with Crippen LogP contribution in [0, 0.1) is 5.92 Å². The third-order valence-electron chi connectivity index (χ3n) is 5.20. The van der Waals surface area contributed by atoms with E-state index in [1.54, 1.807) is 6.08 Å². The largest absolute Gasteiger partial charge is 0.396 e. The molecular formula is C21H25NO2. The summed E-state index contributed by atoms with van der Waals surface area (Å²) >= 11 is 0. The molecule has 1 aliphatic carbocycles. The van der Waals surface area contributed by atoms with Crippen LogP contribution in [0.15, 0.2) is 48.5 Å². The van der Waals surface area contributed by atoms with E-state index in [1.807, 2.05) is 42.3 Å². The Balaban J connectivity index is 1.68. The lowest BCUT2D eigenvalue weighted by Crippen LogP contribution is -2.39. The molecule has 0 saturated heterocycles. The molecule has 0 heterocycles. The zero-order chi connectivity index (χ0) is 16.9. The highest BCUT2D eigenvalue weighted by Gasteiger charge is 2.25. The molecule has 0 aromatic heterocycles. The van der Waals surface area contributed by atoms with Gasteiger partial charge < -0.3 is 10.0 Å². The van der Waals surface area contributed by atoms with E-state index in [4.69, 9.17) is 0 Å². The van der Waals surface area contributed by atoms with E-state index < -0.39 is 0 Å². The molecule has 1 amide bonds. The predicted octanol–water partition coefficient (Wildman–Crippen LogP) is 3.86. The van der Waals surface area contributed by atoms with Crippen LogP contribution < -0.4 is 0 Å². The average Bonchev–Trinajstić information content (AvgIpc) is 2.65. The summed E-state index contributed by atoms with van der Waals surface area (Å²) < 4.78 is 0. The Morgan fingerprint density at radius 3 is 2.58 bits per heavy atom. The molecule has 0 radical (unpaired) electrons. The van der Waals surface area contributed by atoms with Crippen molar-refractivity contribution in [3.05, 3.63) is 54.1 Å². The van der Waals surface area contributed by atoms with Gasteiger partial charge in [-0.25, -0.2) is 0 Å². The number of hydrogen-bond donors (Lipinski definition) is 1. The second kappa shape index (κ2) is 7.63. The van der Waals surface area contributed by atoms with Crippen LogP contribution in [0.2, 0.25) is 0 Å². The fourth-order valence-corrected chi connectivity index (χ4v) is 3.57. The number of aliphatic hydroxyl groups is 1. The summed E-state index contributed by atoms with van der Waals surface area (Å²) in [6, 6.07) is 14.6. The minimum absolute atomic E-state index is 0.0513. The molecular weight excluding hydrogens is 298 g/mol. The Kier molecular flexibility index (Phi) is 5.31. The van der Waals surface area contributed by atoms with Gasteiger partial charge in [0.2, 0.25) is 5.91 Å². The van der Waals surface area contributed by atoms with Crippen molar-refractivity contribution in [3.63, 3.8) is 0 Å². The SMILES string of the molecule is CN(C(=O)/C=C/c1cccc2ccccc12)C1CCC(CO)CC1. The van der Waals surface area contributed by atoms with Gasteiger partial charge in [-0.05, 0) is 54.0 Å². The standard InChI is InChI=1S/C21H25NO2/c1-22(19-12-9-16(15-23)10-13-19)21(24)14-11-18-7-4-6-17-5-2-3-8-20(17)18/h2-8,11,14,16,19,23H,9-10,12-13,15H2,1H3/b14-11+. The van der Waals surface area contributed by atoms with Crippen molar-refractivity contribution in [2.75, 3.05) is 13.7 Å². The molecule has 1 aliphatic rings. The highest BCUT2D eigenvalue weighted by Crippen LogP contribution is 2.27. The highest BCUT2D eigenvalue weighted by atomic mass is 16.3. The molecule has 0 spiro atoms. The number of nitrogens with zero attached hydrogens (tertiary/aromatic N) is 1. The second-order valence-corrected chi connectivity index (χ2v) is 6.71. The Morgan fingerprint density at radius 2 is 1.83 bits per heavy atom. The van der Waals surface area contributed by atoms with E-state index in [0.717, 1.165) is 36.6 Å². The van der Waals surface area contributed by atoms with Crippen LogP contribution in [0.1, 0.15) is 31.2 Å². The Hall–Kier alpha value is -2.13. The number of carbonyl (C=O) groups excluding carboxylic acids is 1. The Bertz CT molecular complexity index is 724. The quantitative estimate of drug-likeness (QED) is 0.868. The topological polar surface area (TPSA) is 40.5 Å². The minimum atomic E-state index is 0.0513. The van der Waals surface area contributed by atoms with Crippen LogP contribution in [-0.4, -0.2) is 35.6 Å². The molecule has 1 fully saturated rings. The number of fused-ring (bicyclic) bond motifs is 1. The van der Waals surface area contributed by atoms with Crippen LogP contribution in [0.5, 0.6) is 0 Å². The molecule has 0 aliphatic heterocycles. The first-order valence-corrected chi connectivity index (χ1v) is 8.72. The van der Waals surface area contributed by atoms with Gasteiger partial charge in [0.1, 0.15) is 0 Å². The first-order valence-electron chi connectivity index (χ1n) is 8.72. The number of hydrogen-bond acceptors (Lipinski definition) is 2. The molecule has 3 rings (SSSR count). The lowest BCUT2D eigenvalue weighted by Gasteiger charge is -2.33. The van der Waals surface area contributed by atoms with Gasteiger partial charge in [-0.15, -0.1) is 0 Å². The molecule has 1 saturated carbocycles. The summed E-state index contributed by atoms with van der Waals surface area (Å²) in [6.45, 7) is 0.269. The molecule has 2 aromatic carbocycles. The number of benzene rings is 2. The van der Waals surface area contributed by atoms with Crippen LogP contribution in [0.25, 0.3) is 16.8 Å². The molecule has 0 atom stereocenters. The molecule has 1 N–H and O–H groups in total. The summed E-state index contributed by atoms with van der Waals surface area (Å²) in [6.07, 6.45) is 7.57. The van der Waals surface area contributed by atoms with Gasteiger partial charge in [0.05, 0.1) is 0 Å². The van der Waals surface area contributed by atoms with Crippen LogP contribution in [0.3, 0.4) is 0 Å². The van der Waals surface area contributed by atoms with Gasteiger partial charge in [-0.2, -0.15) is 0 Å². The van der Waals surface area contributed by atoms with E-state index in [1.165, 1.54) is 5.39 Å². The predicted molar refractivity (Wildman–Crippen MR) is 98.6 cm³/mol. The fourth-order valence-electron chi connectivity index (χ4n) is 3.57. The van der Waals surface area contributed by atoms with E-state index in [2.05, 4.69) is 18.2 Å². The smallest absolute Gasteiger partial charge is 0.246 e. The summed E-state index contributed by atoms with van der Waals surface area (Å²) in [5.74, 6) is 0.464. The first kappa shape index (κ1) is 16.7. The molecule has 126 valence electrons. The van der Waals surface area contributed by atoms with E-state index in [0.29, 0.717) is 5.92 Å². The Morgan fingerprint density at radius 1 is 1.12 bits per heavy atom. The summed E-state index contributed by atoms with van der Waals surface area (Å²) in [5.41, 5.74) is 1.07. The molecule has 0 unspecified atom stereocenters. The molecule has 24 heavy (non-hydrogen) atoms. The van der Waals surface area contributed by atoms with Crippen LogP contribution >= 0.6 is 0 Å². The summed E-state index contributed by atoms with van der Waals surface area (Å²) in [4.78, 5) is 14.3. The van der Waals surface area contributed by atoms with Crippen molar-refractivity contribution in [1.29, 1.82) is 0 Å². The molecule has 3 heteroatoms. The summed E-state index contributed by atoms with van der Waals surface area (Å²) in [7, 11) is 1.89. The summed E-state index contributed by atoms with van der Waals surface area (Å²) in [5, 5.41) is 11.6. The van der Waals surface area contributed by atoms with E-state index >= 15 is 0 Å². The number of rotatable bonds is 4. The van der Waals surface area contributed by atoms with Gasteiger partial charge in [0.25, 0.3) is 0 Å². The van der Waals surface area contributed by atoms with Gasteiger partial charge in [-0.1, -0.05) is 42.5 Å². The Labute approximate surface area is 143 Å². The lowest BCUT2D eigenvalue weighted by atomic mass is 9.86. The molecule has 0 bridgehead atoms. The maximum absolute atomic E-state index is 12.5. The molecule has 2 aromatic rings. The van der Waals surface area contributed by atoms with Crippen molar-refractivity contribution in [2.24, 2.45) is 5.92 Å². The highest BCUT2D eigenvalue weighted by molar-refractivity contribution is 5.96. The number of aliphatic hydroxyl groups excluding tert-OH is 1. The maximum Gasteiger partial charge on any atom is 0.246 e. The van der Waals surface area contributed by atoms with Gasteiger partial charge in [0, 0.05) is 25.8 Å². The zero-order valence-corrected chi connectivity index (χ0v) is 14.2. The maximum atomic E-state index is 12.5. The van der Waals surface area contributed by atoms with Crippen molar-refractivity contribution in [3.8, 4) is 0 Å². The van der Waals surface area contributed by atoms with Gasteiger partial charge >= 0.3 is 0 Å². The van der Waals surface area contributed by atoms with Crippen molar-refractivity contribution < 1.29 is 9.90 Å². The normalized spacial score (nSPS) is 21.2. The van der Waals surface area contributed by atoms with Crippen molar-refractivity contribution in [2.45, 2.75) is 31.7 Å². The lowest BCUT2D eigenvalue weighted by molar-refractivity contribution is -0.127. The zero-order valence-electron chi connectivity index (χ0n) is 14.2.